The van der Waals surface area contributed by atoms with Crippen LogP contribution in [0.5, 0.6) is 0 Å². The Balaban J connectivity index is 2.41. The summed E-state index contributed by atoms with van der Waals surface area (Å²) in [5.74, 6) is -0.225. The predicted octanol–water partition coefficient (Wildman–Crippen LogP) is 2.87. The van der Waals surface area contributed by atoms with Crippen LogP contribution >= 0.6 is 11.8 Å². The molecule has 2 rings (SSSR count). The Kier molecular flexibility index (Phi) is 2.63. The SMILES string of the molecule is CSc1cc(C2(N=C=O)CC2)ccc1F. The van der Waals surface area contributed by atoms with Crippen molar-refractivity contribution in [2.45, 2.75) is 23.3 Å². The minimum atomic E-state index is -0.403. The Bertz CT molecular complexity index is 436. The van der Waals surface area contributed by atoms with Crippen LogP contribution in [-0.4, -0.2) is 12.3 Å². The summed E-state index contributed by atoms with van der Waals surface area (Å²) in [6, 6.07) is 4.90. The van der Waals surface area contributed by atoms with E-state index in [0.29, 0.717) is 4.90 Å². The number of benzene rings is 1. The van der Waals surface area contributed by atoms with Crippen LogP contribution in [0.2, 0.25) is 0 Å². The van der Waals surface area contributed by atoms with E-state index in [4.69, 9.17) is 0 Å². The number of isocyanates is 1. The molecule has 1 aromatic carbocycles. The number of halogens is 1. The van der Waals surface area contributed by atoms with Gasteiger partial charge in [0.2, 0.25) is 6.08 Å². The highest BCUT2D eigenvalue weighted by Gasteiger charge is 2.45. The maximum Gasteiger partial charge on any atom is 0.235 e. The lowest BCUT2D eigenvalue weighted by Gasteiger charge is -2.09. The van der Waals surface area contributed by atoms with Gasteiger partial charge < -0.3 is 0 Å². The number of thioether (sulfide) groups is 1. The van der Waals surface area contributed by atoms with Crippen LogP contribution in [0.1, 0.15) is 18.4 Å². The molecule has 0 heterocycles. The average Bonchev–Trinajstić information content (AvgIpc) is 3.00. The molecule has 0 N–H and O–H groups in total. The van der Waals surface area contributed by atoms with Crippen LogP contribution in [0.25, 0.3) is 0 Å². The molecule has 4 heteroatoms. The summed E-state index contributed by atoms with van der Waals surface area (Å²) in [6.45, 7) is 0. The van der Waals surface area contributed by atoms with Gasteiger partial charge in [0, 0.05) is 4.90 Å². The molecule has 0 aliphatic heterocycles. The Morgan fingerprint density at radius 1 is 1.53 bits per heavy atom. The normalized spacial score (nSPS) is 16.9. The first kappa shape index (κ1) is 10.4. The molecule has 0 atom stereocenters. The smallest absolute Gasteiger partial charge is 0.211 e. The molecule has 2 nitrogen and oxygen atoms in total. The van der Waals surface area contributed by atoms with Crippen molar-refractivity contribution >= 4 is 17.8 Å². The minimum Gasteiger partial charge on any atom is -0.211 e. The van der Waals surface area contributed by atoms with Crippen molar-refractivity contribution < 1.29 is 9.18 Å². The molecule has 0 unspecified atom stereocenters. The molecule has 1 aliphatic rings. The van der Waals surface area contributed by atoms with E-state index in [1.165, 1.54) is 17.8 Å². The summed E-state index contributed by atoms with van der Waals surface area (Å²) in [5, 5.41) is 0. The molecule has 0 radical (unpaired) electrons. The number of rotatable bonds is 3. The van der Waals surface area contributed by atoms with Crippen molar-refractivity contribution in [3.05, 3.63) is 29.6 Å². The van der Waals surface area contributed by atoms with Gasteiger partial charge >= 0.3 is 0 Å². The molecule has 0 saturated heterocycles. The Morgan fingerprint density at radius 2 is 2.27 bits per heavy atom. The van der Waals surface area contributed by atoms with Crippen LogP contribution in [0.15, 0.2) is 28.1 Å². The van der Waals surface area contributed by atoms with Gasteiger partial charge in [-0.3, -0.25) is 0 Å². The zero-order chi connectivity index (χ0) is 10.9. The molecule has 15 heavy (non-hydrogen) atoms. The maximum atomic E-state index is 13.2. The first-order valence-corrected chi connectivity index (χ1v) is 5.87. The van der Waals surface area contributed by atoms with Gasteiger partial charge in [-0.1, -0.05) is 6.07 Å². The molecular formula is C11H10FNOS. The number of hydrogen-bond acceptors (Lipinski definition) is 3. The fourth-order valence-corrected chi connectivity index (χ4v) is 2.13. The van der Waals surface area contributed by atoms with E-state index in [9.17, 15) is 9.18 Å². The second-order valence-electron chi connectivity index (χ2n) is 3.58. The molecular weight excluding hydrogens is 213 g/mol. The summed E-state index contributed by atoms with van der Waals surface area (Å²) in [5.41, 5.74) is 0.511. The van der Waals surface area contributed by atoms with Gasteiger partial charge in [-0.15, -0.1) is 11.8 Å². The number of nitrogens with zero attached hydrogens (tertiary/aromatic N) is 1. The van der Waals surface area contributed by atoms with E-state index in [2.05, 4.69) is 4.99 Å². The van der Waals surface area contributed by atoms with Gasteiger partial charge in [0.1, 0.15) is 5.82 Å². The third-order valence-electron chi connectivity index (χ3n) is 2.67. The highest BCUT2D eigenvalue weighted by molar-refractivity contribution is 7.98. The molecule has 1 fully saturated rings. The first-order valence-electron chi connectivity index (χ1n) is 4.65. The molecule has 1 aromatic rings. The molecule has 0 bridgehead atoms. The highest BCUT2D eigenvalue weighted by Crippen LogP contribution is 2.49. The van der Waals surface area contributed by atoms with Gasteiger partial charge in [0.15, 0.2) is 0 Å². The maximum absolute atomic E-state index is 13.2. The average molecular weight is 223 g/mol. The second kappa shape index (κ2) is 3.80. The third-order valence-corrected chi connectivity index (χ3v) is 3.42. The molecule has 1 aliphatic carbocycles. The molecule has 78 valence electrons. The van der Waals surface area contributed by atoms with Gasteiger partial charge in [-0.05, 0) is 36.8 Å². The van der Waals surface area contributed by atoms with Crippen LogP contribution < -0.4 is 0 Å². The molecule has 0 aromatic heterocycles. The van der Waals surface area contributed by atoms with Crippen molar-refractivity contribution in [1.29, 1.82) is 0 Å². The summed E-state index contributed by atoms with van der Waals surface area (Å²) < 4.78 is 13.2. The van der Waals surface area contributed by atoms with E-state index in [1.807, 2.05) is 6.26 Å². The fraction of sp³-hybridized carbons (Fsp3) is 0.364. The van der Waals surface area contributed by atoms with Gasteiger partial charge in [-0.2, -0.15) is 4.99 Å². The second-order valence-corrected chi connectivity index (χ2v) is 4.43. The Labute approximate surface area is 91.6 Å². The van der Waals surface area contributed by atoms with E-state index in [0.717, 1.165) is 18.4 Å². The van der Waals surface area contributed by atoms with Crippen LogP contribution in [0.4, 0.5) is 4.39 Å². The zero-order valence-electron chi connectivity index (χ0n) is 8.29. The molecule has 1 saturated carbocycles. The lowest BCUT2D eigenvalue weighted by atomic mass is 10.1. The topological polar surface area (TPSA) is 29.4 Å². The van der Waals surface area contributed by atoms with Crippen LogP contribution in [0, 0.1) is 5.82 Å². The van der Waals surface area contributed by atoms with E-state index in [1.54, 1.807) is 18.2 Å². The summed E-state index contributed by atoms with van der Waals surface area (Å²) in [4.78, 5) is 14.7. The van der Waals surface area contributed by atoms with Crippen molar-refractivity contribution in [1.82, 2.24) is 0 Å². The summed E-state index contributed by atoms with van der Waals surface area (Å²) in [6.07, 6.45) is 5.12. The van der Waals surface area contributed by atoms with Crippen molar-refractivity contribution in [3.8, 4) is 0 Å². The standard InChI is InChI=1S/C11H10FNOS/c1-15-10-6-8(2-3-9(10)12)11(4-5-11)13-7-14/h2-3,6H,4-5H2,1H3. The highest BCUT2D eigenvalue weighted by atomic mass is 32.2. The lowest BCUT2D eigenvalue weighted by Crippen LogP contribution is -2.02. The zero-order valence-corrected chi connectivity index (χ0v) is 9.10. The van der Waals surface area contributed by atoms with E-state index >= 15 is 0 Å². The summed E-state index contributed by atoms with van der Waals surface area (Å²) in [7, 11) is 0. The lowest BCUT2D eigenvalue weighted by molar-refractivity contribution is 0.555. The van der Waals surface area contributed by atoms with Crippen molar-refractivity contribution in [2.24, 2.45) is 4.99 Å². The van der Waals surface area contributed by atoms with Crippen LogP contribution in [-0.2, 0) is 10.3 Å². The number of aliphatic imine (C=N–C) groups is 1. The minimum absolute atomic E-state index is 0.225. The Hall–Kier alpha value is -1.12. The van der Waals surface area contributed by atoms with Crippen LogP contribution in [0.3, 0.4) is 0 Å². The van der Waals surface area contributed by atoms with E-state index < -0.39 is 5.54 Å². The van der Waals surface area contributed by atoms with Gasteiger partial charge in [0.25, 0.3) is 0 Å². The van der Waals surface area contributed by atoms with Crippen molar-refractivity contribution in [3.63, 3.8) is 0 Å². The molecule has 0 amide bonds. The quantitative estimate of drug-likeness (QED) is 0.448. The van der Waals surface area contributed by atoms with Gasteiger partial charge in [0.05, 0.1) is 5.54 Å². The number of carbonyl (C=O) groups excluding carboxylic acids is 1. The van der Waals surface area contributed by atoms with Crippen molar-refractivity contribution in [2.75, 3.05) is 6.26 Å². The van der Waals surface area contributed by atoms with E-state index in [-0.39, 0.29) is 5.82 Å². The molecule has 0 spiro atoms. The first-order chi connectivity index (χ1) is 7.22. The monoisotopic (exact) mass is 223 g/mol. The number of hydrogen-bond donors (Lipinski definition) is 0. The fourth-order valence-electron chi connectivity index (χ4n) is 1.62. The largest absolute Gasteiger partial charge is 0.235 e. The predicted molar refractivity (Wildman–Crippen MR) is 57.2 cm³/mol. The Morgan fingerprint density at radius 3 is 2.80 bits per heavy atom. The third kappa shape index (κ3) is 1.83. The summed E-state index contributed by atoms with van der Waals surface area (Å²) >= 11 is 1.36. The van der Waals surface area contributed by atoms with Gasteiger partial charge in [-0.25, -0.2) is 9.18 Å².